The van der Waals surface area contributed by atoms with Gasteiger partial charge in [-0.05, 0) is 12.1 Å². The van der Waals surface area contributed by atoms with Crippen LogP contribution < -0.4 is 0 Å². The van der Waals surface area contributed by atoms with Crippen molar-refractivity contribution in [1.29, 1.82) is 0 Å². The zero-order valence-corrected chi connectivity index (χ0v) is 8.91. The number of benzene rings is 1. The van der Waals surface area contributed by atoms with Gasteiger partial charge in [0.2, 0.25) is 0 Å². The van der Waals surface area contributed by atoms with E-state index in [9.17, 15) is 8.78 Å². The second-order valence-corrected chi connectivity index (χ2v) is 3.51. The topological polar surface area (TPSA) is 13.1 Å². The van der Waals surface area contributed by atoms with Gasteiger partial charge >= 0.3 is 0 Å². The Bertz CT molecular complexity index is 474. The quantitative estimate of drug-likeness (QED) is 0.747. The van der Waals surface area contributed by atoms with Gasteiger partial charge < -0.3 is 4.42 Å². The summed E-state index contributed by atoms with van der Waals surface area (Å²) in [5, 5.41) is 0. The lowest BCUT2D eigenvalue weighted by Gasteiger charge is -2.05. The van der Waals surface area contributed by atoms with Gasteiger partial charge in [0.15, 0.2) is 0 Å². The van der Waals surface area contributed by atoms with Crippen LogP contribution >= 0.6 is 0 Å². The average molecular weight is 222 g/mol. The smallest absolute Gasteiger partial charge is 0.264 e. The van der Waals surface area contributed by atoms with Gasteiger partial charge in [-0.25, -0.2) is 8.78 Å². The molecule has 0 atom stereocenters. The Hall–Kier alpha value is -1.64. The number of furan rings is 1. The molecular formula is C13H12F2O. The van der Waals surface area contributed by atoms with Crippen molar-refractivity contribution in [3.05, 3.63) is 47.7 Å². The summed E-state index contributed by atoms with van der Waals surface area (Å²) >= 11 is 0. The molecular weight excluding hydrogens is 210 g/mol. The van der Waals surface area contributed by atoms with Crippen LogP contribution in [-0.2, 0) is 6.42 Å². The molecule has 0 amide bonds. The van der Waals surface area contributed by atoms with Crippen LogP contribution in [0.1, 0.15) is 24.7 Å². The molecule has 3 heteroatoms. The molecule has 1 nitrogen and oxygen atoms in total. The van der Waals surface area contributed by atoms with Crippen molar-refractivity contribution in [1.82, 2.24) is 0 Å². The highest BCUT2D eigenvalue weighted by atomic mass is 19.3. The van der Waals surface area contributed by atoms with E-state index in [1.165, 1.54) is 6.07 Å². The summed E-state index contributed by atoms with van der Waals surface area (Å²) in [7, 11) is 0. The second kappa shape index (κ2) is 4.47. The van der Waals surface area contributed by atoms with Gasteiger partial charge in [-0.3, -0.25) is 0 Å². The Kier molecular flexibility index (Phi) is 3.04. The van der Waals surface area contributed by atoms with Crippen LogP contribution in [0.3, 0.4) is 0 Å². The van der Waals surface area contributed by atoms with Crippen molar-refractivity contribution in [2.24, 2.45) is 0 Å². The number of alkyl halides is 2. The summed E-state index contributed by atoms with van der Waals surface area (Å²) in [6, 6.07) is 9.97. The maximum atomic E-state index is 12.8. The fourth-order valence-electron chi connectivity index (χ4n) is 1.62. The van der Waals surface area contributed by atoms with E-state index in [4.69, 9.17) is 4.42 Å². The Morgan fingerprint density at radius 3 is 2.50 bits per heavy atom. The molecule has 0 aliphatic carbocycles. The van der Waals surface area contributed by atoms with E-state index in [1.54, 1.807) is 24.3 Å². The fraction of sp³-hybridized carbons (Fsp3) is 0.231. The van der Waals surface area contributed by atoms with Crippen LogP contribution in [0.15, 0.2) is 40.8 Å². The maximum absolute atomic E-state index is 12.8. The molecule has 0 unspecified atom stereocenters. The van der Waals surface area contributed by atoms with Crippen LogP contribution in [0.4, 0.5) is 8.78 Å². The van der Waals surface area contributed by atoms with Crippen molar-refractivity contribution < 1.29 is 13.2 Å². The number of halogens is 2. The third kappa shape index (κ3) is 1.98. The third-order valence-corrected chi connectivity index (χ3v) is 2.47. The minimum absolute atomic E-state index is 0.0134. The molecule has 2 aromatic rings. The van der Waals surface area contributed by atoms with E-state index in [2.05, 4.69) is 0 Å². The molecule has 16 heavy (non-hydrogen) atoms. The van der Waals surface area contributed by atoms with Crippen molar-refractivity contribution in [2.75, 3.05) is 0 Å². The SMILES string of the molecule is CCc1ccc(-c2ccccc2C(F)F)o1. The number of hydrogen-bond donors (Lipinski definition) is 0. The first kappa shape index (κ1) is 10.9. The summed E-state index contributed by atoms with van der Waals surface area (Å²) in [5.41, 5.74) is 0.483. The lowest BCUT2D eigenvalue weighted by molar-refractivity contribution is 0.152. The van der Waals surface area contributed by atoms with E-state index in [0.29, 0.717) is 11.3 Å². The maximum Gasteiger partial charge on any atom is 0.264 e. The molecule has 2 rings (SSSR count). The van der Waals surface area contributed by atoms with Gasteiger partial charge in [0.1, 0.15) is 11.5 Å². The lowest BCUT2D eigenvalue weighted by atomic mass is 10.1. The van der Waals surface area contributed by atoms with Crippen LogP contribution in [0.5, 0.6) is 0 Å². The average Bonchev–Trinajstić information content (AvgIpc) is 2.77. The van der Waals surface area contributed by atoms with Gasteiger partial charge in [0.05, 0.1) is 0 Å². The van der Waals surface area contributed by atoms with E-state index in [-0.39, 0.29) is 5.56 Å². The first-order valence-corrected chi connectivity index (χ1v) is 5.18. The Morgan fingerprint density at radius 2 is 1.88 bits per heavy atom. The van der Waals surface area contributed by atoms with Gasteiger partial charge in [-0.2, -0.15) is 0 Å². The Balaban J connectivity index is 2.46. The van der Waals surface area contributed by atoms with E-state index in [0.717, 1.165) is 12.2 Å². The Labute approximate surface area is 92.7 Å². The third-order valence-electron chi connectivity index (χ3n) is 2.47. The van der Waals surface area contributed by atoms with E-state index >= 15 is 0 Å². The van der Waals surface area contributed by atoms with Crippen molar-refractivity contribution in [2.45, 2.75) is 19.8 Å². The molecule has 0 radical (unpaired) electrons. The second-order valence-electron chi connectivity index (χ2n) is 3.51. The predicted molar refractivity (Wildman–Crippen MR) is 58.5 cm³/mol. The summed E-state index contributed by atoms with van der Waals surface area (Å²) in [6.07, 6.45) is -1.72. The fourth-order valence-corrected chi connectivity index (χ4v) is 1.62. The molecule has 1 aromatic heterocycles. The minimum atomic E-state index is -2.48. The number of rotatable bonds is 3. The number of hydrogen-bond acceptors (Lipinski definition) is 1. The first-order chi connectivity index (χ1) is 7.72. The zero-order chi connectivity index (χ0) is 11.5. The van der Waals surface area contributed by atoms with Gasteiger partial charge in [-0.15, -0.1) is 0 Å². The normalized spacial score (nSPS) is 11.0. The molecule has 0 N–H and O–H groups in total. The summed E-state index contributed by atoms with van der Waals surface area (Å²) in [4.78, 5) is 0. The summed E-state index contributed by atoms with van der Waals surface area (Å²) < 4.78 is 31.0. The summed E-state index contributed by atoms with van der Waals surface area (Å²) in [5.74, 6) is 1.31. The summed E-state index contributed by atoms with van der Waals surface area (Å²) in [6.45, 7) is 1.96. The van der Waals surface area contributed by atoms with Crippen molar-refractivity contribution >= 4 is 0 Å². The molecule has 0 aliphatic heterocycles. The molecule has 0 fully saturated rings. The van der Waals surface area contributed by atoms with Crippen LogP contribution in [0, 0.1) is 0 Å². The largest absolute Gasteiger partial charge is 0.461 e. The molecule has 0 saturated heterocycles. The van der Waals surface area contributed by atoms with Crippen molar-refractivity contribution in [3.8, 4) is 11.3 Å². The van der Waals surface area contributed by atoms with Crippen LogP contribution in [0.25, 0.3) is 11.3 Å². The first-order valence-electron chi connectivity index (χ1n) is 5.18. The molecule has 0 bridgehead atoms. The van der Waals surface area contributed by atoms with E-state index in [1.807, 2.05) is 13.0 Å². The molecule has 0 saturated carbocycles. The Morgan fingerprint density at radius 1 is 1.12 bits per heavy atom. The zero-order valence-electron chi connectivity index (χ0n) is 8.91. The molecule has 0 aliphatic rings. The predicted octanol–water partition coefficient (Wildman–Crippen LogP) is 4.45. The van der Waals surface area contributed by atoms with Gasteiger partial charge in [-0.1, -0.05) is 31.2 Å². The van der Waals surface area contributed by atoms with Crippen LogP contribution in [0.2, 0.25) is 0 Å². The monoisotopic (exact) mass is 222 g/mol. The van der Waals surface area contributed by atoms with Crippen LogP contribution in [-0.4, -0.2) is 0 Å². The lowest BCUT2D eigenvalue weighted by Crippen LogP contribution is -1.88. The van der Waals surface area contributed by atoms with Gasteiger partial charge in [0.25, 0.3) is 6.43 Å². The molecule has 0 spiro atoms. The van der Waals surface area contributed by atoms with Crippen molar-refractivity contribution in [3.63, 3.8) is 0 Å². The van der Waals surface area contributed by atoms with Gasteiger partial charge in [0, 0.05) is 17.5 Å². The molecule has 1 heterocycles. The molecule has 1 aromatic carbocycles. The highest BCUT2D eigenvalue weighted by molar-refractivity contribution is 5.62. The highest BCUT2D eigenvalue weighted by Crippen LogP contribution is 2.31. The highest BCUT2D eigenvalue weighted by Gasteiger charge is 2.15. The minimum Gasteiger partial charge on any atom is -0.461 e. The number of aryl methyl sites for hydroxylation is 1. The van der Waals surface area contributed by atoms with E-state index < -0.39 is 6.43 Å². The standard InChI is InChI=1S/C13H12F2O/c1-2-9-7-8-12(16-9)10-5-3-4-6-11(10)13(14)15/h3-8,13H,2H2,1H3. The molecule has 84 valence electrons.